The first-order valence-electron chi connectivity index (χ1n) is 4.88. The third-order valence-corrected chi connectivity index (χ3v) is 2.13. The lowest BCUT2D eigenvalue weighted by atomic mass is 10.2. The van der Waals surface area contributed by atoms with Crippen molar-refractivity contribution in [3.05, 3.63) is 29.8 Å². The molecule has 17 heavy (non-hydrogen) atoms. The Morgan fingerprint density at radius 1 is 1.06 bits per heavy atom. The minimum atomic E-state index is -0.830. The van der Waals surface area contributed by atoms with E-state index in [-0.39, 0.29) is 5.71 Å². The minimum Gasteiger partial charge on any atom is -0.272 e. The van der Waals surface area contributed by atoms with Crippen molar-refractivity contribution >= 4 is 29.2 Å². The number of hydrogen-bond donors (Lipinski definition) is 2. The van der Waals surface area contributed by atoms with Gasteiger partial charge in [-0.1, -0.05) is 12.1 Å². The van der Waals surface area contributed by atoms with E-state index in [0.717, 1.165) is 5.56 Å². The van der Waals surface area contributed by atoms with Crippen LogP contribution in [0.3, 0.4) is 0 Å². The fourth-order valence-electron chi connectivity index (χ4n) is 1.39. The number of imide groups is 2. The number of nitrogens with one attached hydrogen (secondary N) is 2. The number of aryl methyl sites for hydroxylation is 1. The number of amides is 4. The molecule has 1 heterocycles. The van der Waals surface area contributed by atoms with Crippen molar-refractivity contribution in [1.29, 1.82) is 0 Å². The number of carbonyl (C=O) groups excluding carboxylic acids is 3. The van der Waals surface area contributed by atoms with E-state index in [2.05, 4.69) is 4.99 Å². The number of aliphatic imine (C=N–C) groups is 1. The molecule has 1 aromatic carbocycles. The number of barbiturate groups is 1. The maximum atomic E-state index is 11.4. The summed E-state index contributed by atoms with van der Waals surface area (Å²) in [5, 5.41) is 3.91. The zero-order valence-corrected chi connectivity index (χ0v) is 8.98. The van der Waals surface area contributed by atoms with Crippen molar-refractivity contribution < 1.29 is 14.4 Å². The van der Waals surface area contributed by atoms with Crippen molar-refractivity contribution in [3.8, 4) is 0 Å². The van der Waals surface area contributed by atoms with Crippen LogP contribution in [-0.4, -0.2) is 23.6 Å². The van der Waals surface area contributed by atoms with Crippen molar-refractivity contribution in [2.24, 2.45) is 4.99 Å². The first kappa shape index (κ1) is 11.0. The number of nitrogens with zero attached hydrogens (tertiary/aromatic N) is 1. The molecule has 1 aliphatic heterocycles. The van der Waals surface area contributed by atoms with Gasteiger partial charge >= 0.3 is 6.03 Å². The molecule has 1 saturated heterocycles. The lowest BCUT2D eigenvalue weighted by molar-refractivity contribution is -0.119. The predicted octanol–water partition coefficient (Wildman–Crippen LogP) is 0.434. The second kappa shape index (κ2) is 4.17. The highest BCUT2D eigenvalue weighted by atomic mass is 16.2. The molecule has 1 fully saturated rings. The Morgan fingerprint density at radius 3 is 2.29 bits per heavy atom. The summed E-state index contributed by atoms with van der Waals surface area (Å²) in [5.41, 5.74) is 1.12. The average molecular weight is 231 g/mol. The molecule has 0 bridgehead atoms. The van der Waals surface area contributed by atoms with Crippen molar-refractivity contribution in [2.75, 3.05) is 0 Å². The Hall–Kier alpha value is -2.50. The van der Waals surface area contributed by atoms with Gasteiger partial charge in [0.25, 0.3) is 11.8 Å². The molecule has 2 N–H and O–H groups in total. The topological polar surface area (TPSA) is 87.6 Å². The Labute approximate surface area is 96.7 Å². The smallest absolute Gasteiger partial charge is 0.272 e. The Morgan fingerprint density at radius 2 is 1.71 bits per heavy atom. The van der Waals surface area contributed by atoms with E-state index >= 15 is 0 Å². The van der Waals surface area contributed by atoms with Gasteiger partial charge in [0.1, 0.15) is 0 Å². The van der Waals surface area contributed by atoms with Gasteiger partial charge in [-0.15, -0.1) is 0 Å². The second-order valence-corrected chi connectivity index (χ2v) is 3.54. The van der Waals surface area contributed by atoms with Gasteiger partial charge in [-0.25, -0.2) is 9.79 Å². The normalized spacial score (nSPS) is 15.4. The van der Waals surface area contributed by atoms with E-state index in [4.69, 9.17) is 0 Å². The van der Waals surface area contributed by atoms with Crippen molar-refractivity contribution in [2.45, 2.75) is 6.92 Å². The third-order valence-electron chi connectivity index (χ3n) is 2.13. The number of rotatable bonds is 1. The van der Waals surface area contributed by atoms with E-state index in [1.165, 1.54) is 0 Å². The Bertz CT molecular complexity index is 527. The fourth-order valence-corrected chi connectivity index (χ4v) is 1.39. The quantitative estimate of drug-likeness (QED) is 0.734. The zero-order valence-electron chi connectivity index (χ0n) is 8.98. The minimum absolute atomic E-state index is 0.324. The van der Waals surface area contributed by atoms with Gasteiger partial charge in [0.05, 0.1) is 5.69 Å². The van der Waals surface area contributed by atoms with E-state index in [0.29, 0.717) is 5.69 Å². The number of carbonyl (C=O) groups is 3. The highest BCUT2D eigenvalue weighted by Gasteiger charge is 2.29. The number of benzene rings is 1. The van der Waals surface area contributed by atoms with Crippen molar-refractivity contribution in [3.63, 3.8) is 0 Å². The molecule has 2 rings (SSSR count). The molecule has 0 spiro atoms. The molecular weight excluding hydrogens is 222 g/mol. The van der Waals surface area contributed by atoms with Crippen LogP contribution < -0.4 is 10.6 Å². The van der Waals surface area contributed by atoms with Crippen LogP contribution >= 0.6 is 0 Å². The van der Waals surface area contributed by atoms with Gasteiger partial charge in [-0.2, -0.15) is 0 Å². The van der Waals surface area contributed by atoms with E-state index in [1.807, 2.05) is 23.6 Å². The molecular formula is C11H9N3O3. The third kappa shape index (κ3) is 2.36. The summed E-state index contributed by atoms with van der Waals surface area (Å²) >= 11 is 0. The summed E-state index contributed by atoms with van der Waals surface area (Å²) in [6.07, 6.45) is 0. The average Bonchev–Trinajstić information content (AvgIpc) is 2.23. The molecule has 0 unspecified atom stereocenters. The molecule has 86 valence electrons. The first-order valence-corrected chi connectivity index (χ1v) is 4.88. The highest BCUT2D eigenvalue weighted by Crippen LogP contribution is 2.14. The van der Waals surface area contributed by atoms with Crippen LogP contribution in [0.15, 0.2) is 29.3 Å². The molecule has 0 aliphatic carbocycles. The molecule has 1 aromatic rings. The molecule has 0 saturated carbocycles. The van der Waals surface area contributed by atoms with Crippen LogP contribution in [0.1, 0.15) is 5.56 Å². The zero-order chi connectivity index (χ0) is 12.4. The lowest BCUT2D eigenvalue weighted by Gasteiger charge is -2.12. The van der Waals surface area contributed by atoms with Gasteiger partial charge in [0.2, 0.25) is 0 Å². The summed E-state index contributed by atoms with van der Waals surface area (Å²) in [5.74, 6) is -1.58. The van der Waals surface area contributed by atoms with Gasteiger partial charge < -0.3 is 0 Å². The Kier molecular flexibility index (Phi) is 2.70. The van der Waals surface area contributed by atoms with Gasteiger partial charge in [0, 0.05) is 0 Å². The molecule has 4 amide bonds. The van der Waals surface area contributed by atoms with Gasteiger partial charge in [-0.05, 0) is 24.6 Å². The van der Waals surface area contributed by atoms with E-state index in [9.17, 15) is 14.4 Å². The first-order chi connectivity index (χ1) is 8.06. The second-order valence-electron chi connectivity index (χ2n) is 3.54. The van der Waals surface area contributed by atoms with Crippen LogP contribution in [0.4, 0.5) is 10.5 Å². The standard InChI is InChI=1S/C11H9N3O3/c1-6-3-2-4-7(5-6)12-8-9(15)13-11(17)14-10(8)16/h2-5H,1H3,(H2,13,14,15,16,17). The molecule has 0 radical (unpaired) electrons. The molecule has 0 atom stereocenters. The van der Waals surface area contributed by atoms with Crippen molar-refractivity contribution in [1.82, 2.24) is 10.6 Å². The largest absolute Gasteiger partial charge is 0.328 e. The van der Waals surface area contributed by atoms with E-state index in [1.54, 1.807) is 18.2 Å². The van der Waals surface area contributed by atoms with Crippen LogP contribution in [0, 0.1) is 6.92 Å². The molecule has 0 aromatic heterocycles. The predicted molar refractivity (Wildman–Crippen MR) is 60.0 cm³/mol. The van der Waals surface area contributed by atoms with Crippen LogP contribution in [0.5, 0.6) is 0 Å². The molecule has 1 aliphatic rings. The summed E-state index contributed by atoms with van der Waals surface area (Å²) in [7, 11) is 0. The van der Waals surface area contributed by atoms with Crippen LogP contribution in [-0.2, 0) is 9.59 Å². The van der Waals surface area contributed by atoms with Gasteiger partial charge in [-0.3, -0.25) is 20.2 Å². The molecule has 6 heteroatoms. The van der Waals surface area contributed by atoms with E-state index < -0.39 is 17.8 Å². The SMILES string of the molecule is Cc1cccc(N=C2C(=O)NC(=O)NC2=O)c1. The van der Waals surface area contributed by atoms with Gasteiger partial charge in [0.15, 0.2) is 5.71 Å². The summed E-state index contributed by atoms with van der Waals surface area (Å²) in [4.78, 5) is 37.5. The lowest BCUT2D eigenvalue weighted by Crippen LogP contribution is -2.56. The highest BCUT2D eigenvalue weighted by molar-refractivity contribution is 6.69. The summed E-state index contributed by atoms with van der Waals surface area (Å²) in [6.45, 7) is 1.87. The Balaban J connectivity index is 2.36. The monoisotopic (exact) mass is 231 g/mol. The molecule has 6 nitrogen and oxygen atoms in total. The van der Waals surface area contributed by atoms with Crippen LogP contribution in [0.2, 0.25) is 0 Å². The number of hydrogen-bond acceptors (Lipinski definition) is 4. The summed E-state index contributed by atoms with van der Waals surface area (Å²) in [6, 6.07) is 6.19. The number of urea groups is 1. The fraction of sp³-hybridized carbons (Fsp3) is 0.0909. The maximum absolute atomic E-state index is 11.4. The summed E-state index contributed by atoms with van der Waals surface area (Å²) < 4.78 is 0. The van der Waals surface area contributed by atoms with Crippen LogP contribution in [0.25, 0.3) is 0 Å². The maximum Gasteiger partial charge on any atom is 0.328 e.